The van der Waals surface area contributed by atoms with Gasteiger partial charge in [0.15, 0.2) is 0 Å². The third-order valence-electron chi connectivity index (χ3n) is 6.88. The predicted octanol–water partition coefficient (Wildman–Crippen LogP) is 1.55. The van der Waals surface area contributed by atoms with E-state index in [2.05, 4.69) is 20.8 Å². The van der Waals surface area contributed by atoms with Crippen LogP contribution in [0.25, 0.3) is 0 Å². The first-order chi connectivity index (χ1) is 8.14. The standard InChI is InChI=1S/C15H26O3/c1-8-9(16)5-10-13(2,3)11-6-15(8,10)12(17)7-14(11,4)18/h8-12,16-18H,5-7H2,1-4H3/t8-,9+,10+,11-,12+,14-,15-/m1/s1. The quantitative estimate of drug-likeness (QED) is 0.614. The van der Waals surface area contributed by atoms with Gasteiger partial charge in [0.05, 0.1) is 17.8 Å². The lowest BCUT2D eigenvalue weighted by atomic mass is 9.62. The van der Waals surface area contributed by atoms with Crippen LogP contribution in [-0.4, -0.2) is 33.1 Å². The van der Waals surface area contributed by atoms with Gasteiger partial charge >= 0.3 is 0 Å². The van der Waals surface area contributed by atoms with Crippen LogP contribution in [0.3, 0.4) is 0 Å². The van der Waals surface area contributed by atoms with Crippen LogP contribution >= 0.6 is 0 Å². The third-order valence-corrected chi connectivity index (χ3v) is 6.88. The molecule has 0 unspecified atom stereocenters. The van der Waals surface area contributed by atoms with Crippen molar-refractivity contribution in [3.63, 3.8) is 0 Å². The van der Waals surface area contributed by atoms with E-state index in [1.54, 1.807) is 0 Å². The fourth-order valence-corrected chi connectivity index (χ4v) is 5.94. The molecule has 0 amide bonds. The highest BCUT2D eigenvalue weighted by Crippen LogP contribution is 2.72. The Kier molecular flexibility index (Phi) is 2.37. The van der Waals surface area contributed by atoms with Gasteiger partial charge in [0.2, 0.25) is 0 Å². The van der Waals surface area contributed by atoms with Crippen molar-refractivity contribution in [3.05, 3.63) is 0 Å². The highest BCUT2D eigenvalue weighted by Gasteiger charge is 2.72. The highest BCUT2D eigenvalue weighted by molar-refractivity contribution is 5.21. The van der Waals surface area contributed by atoms with Gasteiger partial charge in [0, 0.05) is 11.8 Å². The second-order valence-corrected chi connectivity index (χ2v) is 7.91. The molecule has 2 bridgehead atoms. The van der Waals surface area contributed by atoms with Crippen molar-refractivity contribution in [3.8, 4) is 0 Å². The van der Waals surface area contributed by atoms with E-state index >= 15 is 0 Å². The zero-order valence-electron chi connectivity index (χ0n) is 11.8. The van der Waals surface area contributed by atoms with Gasteiger partial charge in [-0.05, 0) is 42.9 Å². The summed E-state index contributed by atoms with van der Waals surface area (Å²) in [4.78, 5) is 0. The van der Waals surface area contributed by atoms with Crippen molar-refractivity contribution < 1.29 is 15.3 Å². The van der Waals surface area contributed by atoms with E-state index in [-0.39, 0.29) is 28.8 Å². The summed E-state index contributed by atoms with van der Waals surface area (Å²) in [5, 5.41) is 31.5. The average Bonchev–Trinajstić information content (AvgIpc) is 2.60. The summed E-state index contributed by atoms with van der Waals surface area (Å²) in [6.07, 6.45) is 1.30. The summed E-state index contributed by atoms with van der Waals surface area (Å²) < 4.78 is 0. The van der Waals surface area contributed by atoms with Crippen LogP contribution in [0.1, 0.15) is 47.0 Å². The zero-order chi connectivity index (χ0) is 13.5. The molecule has 3 rings (SSSR count). The molecular weight excluding hydrogens is 228 g/mol. The van der Waals surface area contributed by atoms with Gasteiger partial charge < -0.3 is 15.3 Å². The lowest BCUT2D eigenvalue weighted by Gasteiger charge is -2.47. The Morgan fingerprint density at radius 2 is 1.61 bits per heavy atom. The molecule has 3 aliphatic rings. The molecule has 0 aromatic rings. The Labute approximate surface area is 109 Å². The molecule has 3 fully saturated rings. The lowest BCUT2D eigenvalue weighted by Crippen LogP contribution is -2.51. The summed E-state index contributed by atoms with van der Waals surface area (Å²) in [7, 11) is 0. The van der Waals surface area contributed by atoms with Crippen molar-refractivity contribution in [1.82, 2.24) is 0 Å². The first kappa shape index (κ1) is 12.9. The van der Waals surface area contributed by atoms with Crippen LogP contribution in [0.2, 0.25) is 0 Å². The molecule has 3 nitrogen and oxygen atoms in total. The largest absolute Gasteiger partial charge is 0.393 e. The topological polar surface area (TPSA) is 60.7 Å². The number of rotatable bonds is 0. The number of fused-ring (bicyclic) bond motifs is 1. The van der Waals surface area contributed by atoms with Crippen LogP contribution < -0.4 is 0 Å². The third kappa shape index (κ3) is 1.21. The Morgan fingerprint density at radius 1 is 1.00 bits per heavy atom. The summed E-state index contributed by atoms with van der Waals surface area (Å²) in [6, 6.07) is 0. The van der Waals surface area contributed by atoms with Crippen LogP contribution in [0, 0.1) is 28.6 Å². The zero-order valence-corrected chi connectivity index (χ0v) is 11.8. The Balaban J connectivity index is 2.12. The Hall–Kier alpha value is -0.120. The fourth-order valence-electron chi connectivity index (χ4n) is 5.94. The van der Waals surface area contributed by atoms with Crippen molar-refractivity contribution in [1.29, 1.82) is 0 Å². The van der Waals surface area contributed by atoms with Crippen LogP contribution in [0.4, 0.5) is 0 Å². The van der Waals surface area contributed by atoms with Gasteiger partial charge in [0.1, 0.15) is 0 Å². The van der Waals surface area contributed by atoms with E-state index in [0.717, 1.165) is 12.8 Å². The van der Waals surface area contributed by atoms with E-state index in [1.165, 1.54) is 0 Å². The molecule has 0 aromatic heterocycles. The minimum Gasteiger partial charge on any atom is -0.393 e. The Bertz CT molecular complexity index is 376. The van der Waals surface area contributed by atoms with Gasteiger partial charge in [-0.1, -0.05) is 20.8 Å². The minimum absolute atomic E-state index is 0.00722. The molecule has 1 spiro atoms. The maximum atomic E-state index is 10.6. The van der Waals surface area contributed by atoms with Crippen LogP contribution in [-0.2, 0) is 0 Å². The molecule has 3 aliphatic carbocycles. The van der Waals surface area contributed by atoms with E-state index in [0.29, 0.717) is 12.3 Å². The number of aliphatic hydroxyl groups is 3. The second-order valence-electron chi connectivity index (χ2n) is 7.91. The highest BCUT2D eigenvalue weighted by atomic mass is 16.3. The molecule has 104 valence electrons. The van der Waals surface area contributed by atoms with Gasteiger partial charge in [0.25, 0.3) is 0 Å². The van der Waals surface area contributed by atoms with E-state index in [9.17, 15) is 15.3 Å². The van der Waals surface area contributed by atoms with Gasteiger partial charge in [-0.2, -0.15) is 0 Å². The van der Waals surface area contributed by atoms with Crippen LogP contribution in [0.15, 0.2) is 0 Å². The number of hydrogen-bond donors (Lipinski definition) is 3. The number of aliphatic hydroxyl groups excluding tert-OH is 2. The molecular formula is C15H26O3. The summed E-state index contributed by atoms with van der Waals surface area (Å²) in [6.45, 7) is 8.37. The SMILES string of the molecule is C[C@@H]1[C@@H](O)C[C@H]2C(C)(C)[C@H]3C[C@@]12[C@@H](O)C[C@@]3(C)O. The normalized spacial score (nSPS) is 61.8. The van der Waals surface area contributed by atoms with E-state index < -0.39 is 11.7 Å². The van der Waals surface area contributed by atoms with Crippen molar-refractivity contribution in [2.45, 2.75) is 64.8 Å². The van der Waals surface area contributed by atoms with E-state index in [1.807, 2.05) is 6.92 Å². The molecule has 3 heteroatoms. The molecule has 18 heavy (non-hydrogen) atoms. The Morgan fingerprint density at radius 3 is 2.22 bits per heavy atom. The lowest BCUT2D eigenvalue weighted by molar-refractivity contribution is -0.134. The number of hydrogen-bond acceptors (Lipinski definition) is 3. The summed E-state index contributed by atoms with van der Waals surface area (Å²) >= 11 is 0. The van der Waals surface area contributed by atoms with E-state index in [4.69, 9.17) is 0 Å². The van der Waals surface area contributed by atoms with Crippen molar-refractivity contribution in [2.75, 3.05) is 0 Å². The van der Waals surface area contributed by atoms with Crippen molar-refractivity contribution >= 4 is 0 Å². The second kappa shape index (κ2) is 3.31. The predicted molar refractivity (Wildman–Crippen MR) is 68.8 cm³/mol. The molecule has 3 N–H and O–H groups in total. The molecule has 0 heterocycles. The fraction of sp³-hybridized carbons (Fsp3) is 1.00. The van der Waals surface area contributed by atoms with Crippen LogP contribution in [0.5, 0.6) is 0 Å². The van der Waals surface area contributed by atoms with Gasteiger partial charge in [-0.3, -0.25) is 0 Å². The first-order valence-electron chi connectivity index (χ1n) is 7.22. The summed E-state index contributed by atoms with van der Waals surface area (Å²) in [5.41, 5.74) is -0.953. The molecule has 3 saturated carbocycles. The van der Waals surface area contributed by atoms with Gasteiger partial charge in [-0.25, -0.2) is 0 Å². The maximum absolute atomic E-state index is 10.6. The monoisotopic (exact) mass is 254 g/mol. The molecule has 0 radical (unpaired) electrons. The average molecular weight is 254 g/mol. The molecule has 0 aliphatic heterocycles. The molecule has 0 aromatic carbocycles. The van der Waals surface area contributed by atoms with Gasteiger partial charge in [-0.15, -0.1) is 0 Å². The summed E-state index contributed by atoms with van der Waals surface area (Å²) in [5.74, 6) is 0.690. The maximum Gasteiger partial charge on any atom is 0.0678 e. The molecule has 0 saturated heterocycles. The minimum atomic E-state index is -0.775. The molecule has 7 atom stereocenters. The first-order valence-corrected chi connectivity index (χ1v) is 7.22. The smallest absolute Gasteiger partial charge is 0.0678 e. The van der Waals surface area contributed by atoms with Crippen molar-refractivity contribution in [2.24, 2.45) is 28.6 Å².